The zero-order chi connectivity index (χ0) is 19.4. The van der Waals surface area contributed by atoms with Crippen molar-refractivity contribution in [1.29, 1.82) is 0 Å². The Bertz CT molecular complexity index is 962. The number of hydrogen-bond acceptors (Lipinski definition) is 4. The van der Waals surface area contributed by atoms with Crippen molar-refractivity contribution in [3.8, 4) is 0 Å². The molecule has 0 spiro atoms. The van der Waals surface area contributed by atoms with E-state index in [-0.39, 0.29) is 24.0 Å². The second-order valence-corrected chi connectivity index (χ2v) is 9.08. The van der Waals surface area contributed by atoms with Crippen LogP contribution < -0.4 is 0 Å². The first-order chi connectivity index (χ1) is 12.8. The molecule has 0 N–H and O–H groups in total. The molecule has 4 nitrogen and oxygen atoms in total. The Labute approximate surface area is 160 Å². The fourth-order valence-corrected chi connectivity index (χ4v) is 4.82. The quantitative estimate of drug-likeness (QED) is 0.687. The summed E-state index contributed by atoms with van der Waals surface area (Å²) in [5, 5.41) is 1.13. The molecule has 27 heavy (non-hydrogen) atoms. The summed E-state index contributed by atoms with van der Waals surface area (Å²) < 4.78 is 49.9. The molecule has 142 valence electrons. The molecule has 0 fully saturated rings. The maximum Gasteiger partial charge on any atom is 0.233 e. The first-order valence-electron chi connectivity index (χ1n) is 8.16. The molecule has 1 atom stereocenters. The molecular formula is C19H17F2NO3S2. The summed E-state index contributed by atoms with van der Waals surface area (Å²) >= 11 is 1.08. The third kappa shape index (κ3) is 5.17. The molecule has 2 aromatic carbocycles. The van der Waals surface area contributed by atoms with Crippen molar-refractivity contribution in [2.24, 2.45) is 0 Å². The van der Waals surface area contributed by atoms with Crippen LogP contribution in [0.25, 0.3) is 0 Å². The Morgan fingerprint density at radius 1 is 1.11 bits per heavy atom. The molecule has 3 rings (SSSR count). The van der Waals surface area contributed by atoms with Crippen LogP contribution >= 0.6 is 11.8 Å². The van der Waals surface area contributed by atoms with Crippen molar-refractivity contribution < 1.29 is 22.0 Å². The summed E-state index contributed by atoms with van der Waals surface area (Å²) in [5.74, 6) is -2.36. The van der Waals surface area contributed by atoms with Crippen LogP contribution in [0.1, 0.15) is 5.56 Å². The van der Waals surface area contributed by atoms with Crippen LogP contribution in [0.2, 0.25) is 0 Å². The predicted molar refractivity (Wildman–Crippen MR) is 101 cm³/mol. The summed E-state index contributed by atoms with van der Waals surface area (Å²) in [5.41, 5.74) is 0.876. The van der Waals surface area contributed by atoms with Crippen LogP contribution in [0.15, 0.2) is 64.9 Å². The van der Waals surface area contributed by atoms with Gasteiger partial charge in [0.1, 0.15) is 0 Å². The fraction of sp³-hybridized carbons (Fsp3) is 0.211. The van der Waals surface area contributed by atoms with Crippen molar-refractivity contribution in [2.75, 3.05) is 11.5 Å². The fourth-order valence-electron chi connectivity index (χ4n) is 2.72. The van der Waals surface area contributed by atoms with Crippen LogP contribution in [0.4, 0.5) is 8.78 Å². The number of thioether (sulfide) groups is 1. The second kappa shape index (κ2) is 8.22. The van der Waals surface area contributed by atoms with E-state index in [1.807, 2.05) is 30.3 Å². The maximum absolute atomic E-state index is 13.3. The highest BCUT2D eigenvalue weighted by molar-refractivity contribution is 8.00. The Balaban J connectivity index is 1.74. The highest BCUT2D eigenvalue weighted by Crippen LogP contribution is 2.23. The Hall–Kier alpha value is -2.19. The van der Waals surface area contributed by atoms with E-state index in [1.54, 1.807) is 0 Å². The monoisotopic (exact) mass is 409 g/mol. The number of hydrogen-bond donors (Lipinski definition) is 0. The lowest BCUT2D eigenvalue weighted by molar-refractivity contribution is -0.130. The SMILES string of the molecule is O=C(CSc1ccc(F)c(F)c1)N(Cc1ccccc1)[C@H]1C=CS(=O)(=O)C1. The van der Waals surface area contributed by atoms with Gasteiger partial charge in [0, 0.05) is 16.8 Å². The topological polar surface area (TPSA) is 54.5 Å². The molecule has 0 saturated heterocycles. The van der Waals surface area contributed by atoms with Crippen LogP contribution in [-0.4, -0.2) is 36.8 Å². The number of carbonyl (C=O) groups excluding carboxylic acids is 1. The van der Waals surface area contributed by atoms with E-state index in [2.05, 4.69) is 0 Å². The van der Waals surface area contributed by atoms with Gasteiger partial charge in [-0.2, -0.15) is 0 Å². The standard InChI is InChI=1S/C19H17F2NO3S2/c20-17-7-6-16(10-18(17)21)26-12-19(23)22(11-14-4-2-1-3-5-14)15-8-9-27(24,25)13-15/h1-10,15H,11-13H2/t15-/m0/s1. The van der Waals surface area contributed by atoms with Crippen molar-refractivity contribution in [3.63, 3.8) is 0 Å². The molecule has 0 aliphatic carbocycles. The van der Waals surface area contributed by atoms with E-state index in [0.29, 0.717) is 4.90 Å². The zero-order valence-corrected chi connectivity index (χ0v) is 15.8. The van der Waals surface area contributed by atoms with Crippen molar-refractivity contribution in [3.05, 3.63) is 77.2 Å². The van der Waals surface area contributed by atoms with Gasteiger partial charge in [0.2, 0.25) is 5.91 Å². The average Bonchev–Trinajstić information content (AvgIpc) is 3.01. The van der Waals surface area contributed by atoms with Crippen LogP contribution in [0, 0.1) is 11.6 Å². The summed E-state index contributed by atoms with van der Waals surface area (Å²) in [6.07, 6.45) is 1.51. The summed E-state index contributed by atoms with van der Waals surface area (Å²) in [7, 11) is -3.32. The van der Waals surface area contributed by atoms with Gasteiger partial charge in [-0.25, -0.2) is 17.2 Å². The van der Waals surface area contributed by atoms with Gasteiger partial charge < -0.3 is 4.90 Å². The minimum absolute atomic E-state index is 0.0116. The smallest absolute Gasteiger partial charge is 0.233 e. The molecule has 0 radical (unpaired) electrons. The minimum atomic E-state index is -3.32. The maximum atomic E-state index is 13.3. The number of benzene rings is 2. The van der Waals surface area contributed by atoms with E-state index in [4.69, 9.17) is 0 Å². The summed E-state index contributed by atoms with van der Waals surface area (Å²) in [4.78, 5) is 14.7. The molecule has 8 heteroatoms. The molecule has 1 heterocycles. The van der Waals surface area contributed by atoms with Gasteiger partial charge in [0.25, 0.3) is 0 Å². The number of halogens is 2. The predicted octanol–water partition coefficient (Wildman–Crippen LogP) is 3.40. The van der Waals surface area contributed by atoms with Crippen molar-refractivity contribution in [1.82, 2.24) is 4.90 Å². The zero-order valence-electron chi connectivity index (χ0n) is 14.2. The molecule has 2 aromatic rings. The van der Waals surface area contributed by atoms with E-state index >= 15 is 0 Å². The lowest BCUT2D eigenvalue weighted by Crippen LogP contribution is -2.41. The highest BCUT2D eigenvalue weighted by Gasteiger charge is 2.30. The third-order valence-electron chi connectivity index (χ3n) is 4.08. The number of rotatable bonds is 6. The minimum Gasteiger partial charge on any atom is -0.330 e. The Kier molecular flexibility index (Phi) is 5.96. The first kappa shape index (κ1) is 19.6. The number of nitrogens with zero attached hydrogens (tertiary/aromatic N) is 1. The molecule has 1 aliphatic rings. The average molecular weight is 409 g/mol. The second-order valence-electron chi connectivity index (χ2n) is 6.10. The third-order valence-corrected chi connectivity index (χ3v) is 6.44. The van der Waals surface area contributed by atoms with Gasteiger partial charge in [-0.1, -0.05) is 30.3 Å². The molecule has 0 aromatic heterocycles. The van der Waals surface area contributed by atoms with Crippen LogP contribution in [-0.2, 0) is 21.2 Å². The lowest BCUT2D eigenvalue weighted by atomic mass is 10.2. The summed E-state index contributed by atoms with van der Waals surface area (Å²) in [6.45, 7) is 0.266. The van der Waals surface area contributed by atoms with Crippen molar-refractivity contribution >= 4 is 27.5 Å². The van der Waals surface area contributed by atoms with Gasteiger partial charge >= 0.3 is 0 Å². The Morgan fingerprint density at radius 2 is 1.85 bits per heavy atom. The number of carbonyl (C=O) groups is 1. The van der Waals surface area contributed by atoms with Crippen LogP contribution in [0.3, 0.4) is 0 Å². The molecule has 0 bridgehead atoms. The Morgan fingerprint density at radius 3 is 2.48 bits per heavy atom. The number of amides is 1. The van der Waals surface area contributed by atoms with Gasteiger partial charge in [0.15, 0.2) is 21.5 Å². The van der Waals surface area contributed by atoms with Gasteiger partial charge in [0.05, 0.1) is 17.5 Å². The van der Waals surface area contributed by atoms with Gasteiger partial charge in [-0.15, -0.1) is 11.8 Å². The van der Waals surface area contributed by atoms with Crippen molar-refractivity contribution in [2.45, 2.75) is 17.5 Å². The van der Waals surface area contributed by atoms with E-state index < -0.39 is 27.5 Å². The normalized spacial score (nSPS) is 17.8. The molecule has 0 saturated carbocycles. The van der Waals surface area contributed by atoms with Crippen LogP contribution in [0.5, 0.6) is 0 Å². The summed E-state index contributed by atoms with van der Waals surface area (Å²) in [6, 6.07) is 12.2. The number of sulfone groups is 1. The van der Waals surface area contributed by atoms with Gasteiger partial charge in [-0.05, 0) is 29.8 Å². The van der Waals surface area contributed by atoms with Gasteiger partial charge in [-0.3, -0.25) is 4.79 Å². The van der Waals surface area contributed by atoms with E-state index in [9.17, 15) is 22.0 Å². The lowest BCUT2D eigenvalue weighted by Gasteiger charge is -2.27. The van der Waals surface area contributed by atoms with E-state index in [0.717, 1.165) is 34.9 Å². The molecule has 1 amide bonds. The molecule has 0 unspecified atom stereocenters. The molecule has 1 aliphatic heterocycles. The highest BCUT2D eigenvalue weighted by atomic mass is 32.2. The first-order valence-corrected chi connectivity index (χ1v) is 10.9. The molecular weight excluding hydrogens is 392 g/mol. The largest absolute Gasteiger partial charge is 0.330 e. The van der Waals surface area contributed by atoms with E-state index in [1.165, 1.54) is 17.0 Å².